The number of ether oxygens (including phenoxy) is 2. The van der Waals surface area contributed by atoms with Gasteiger partial charge in [0.2, 0.25) is 0 Å². The molecule has 0 aromatic carbocycles. The van der Waals surface area contributed by atoms with Crippen LogP contribution in [-0.2, 0) is 9.47 Å². The first-order valence-corrected chi connectivity index (χ1v) is 3.07. The van der Waals surface area contributed by atoms with Gasteiger partial charge in [0.15, 0.2) is 6.79 Å². The SMILES string of the molecule is C=COCOC(F)(F)I. The molecule has 0 amide bonds. The largest absolute Gasteiger partial charge is 0.475 e. The van der Waals surface area contributed by atoms with E-state index in [2.05, 4.69) is 16.1 Å². The molecule has 0 bridgehead atoms. The molecule has 2 nitrogen and oxygen atoms in total. The third kappa shape index (κ3) is 8.09. The van der Waals surface area contributed by atoms with Crippen LogP contribution in [0.2, 0.25) is 0 Å². The average molecular weight is 250 g/mol. The van der Waals surface area contributed by atoms with E-state index in [4.69, 9.17) is 0 Å². The van der Waals surface area contributed by atoms with Gasteiger partial charge in [-0.25, -0.2) is 0 Å². The van der Waals surface area contributed by atoms with Gasteiger partial charge >= 0.3 is 4.12 Å². The van der Waals surface area contributed by atoms with Crippen molar-refractivity contribution in [3.63, 3.8) is 0 Å². The molecule has 0 saturated carbocycles. The highest BCUT2D eigenvalue weighted by Crippen LogP contribution is 2.23. The van der Waals surface area contributed by atoms with Crippen LogP contribution in [0.25, 0.3) is 0 Å². The first-order valence-electron chi connectivity index (χ1n) is 1.99. The Kier molecular flexibility index (Phi) is 4.03. The van der Waals surface area contributed by atoms with E-state index in [1.54, 1.807) is 0 Å². The third-order valence-corrected chi connectivity index (χ3v) is 0.720. The fourth-order valence-corrected chi connectivity index (χ4v) is 0.276. The molecule has 0 aliphatic heterocycles. The highest BCUT2D eigenvalue weighted by atomic mass is 127. The zero-order valence-electron chi connectivity index (χ0n) is 4.44. The summed E-state index contributed by atoms with van der Waals surface area (Å²) in [5.41, 5.74) is 0. The molecule has 9 heavy (non-hydrogen) atoms. The van der Waals surface area contributed by atoms with E-state index in [0.717, 1.165) is 28.9 Å². The molecule has 0 aromatic rings. The van der Waals surface area contributed by atoms with Gasteiger partial charge in [0.1, 0.15) is 0 Å². The molecule has 0 spiro atoms. The smallest absolute Gasteiger partial charge is 0.410 e. The molecule has 0 aliphatic carbocycles. The molecular formula is C4H5F2IO2. The Hall–Kier alpha value is 0.0900. The summed E-state index contributed by atoms with van der Waals surface area (Å²) in [6, 6.07) is 0. The van der Waals surface area contributed by atoms with Crippen LogP contribution >= 0.6 is 22.6 Å². The van der Waals surface area contributed by atoms with Gasteiger partial charge < -0.3 is 4.74 Å². The first kappa shape index (κ1) is 9.09. The monoisotopic (exact) mass is 250 g/mol. The lowest BCUT2D eigenvalue weighted by molar-refractivity contribution is -0.190. The molecule has 0 atom stereocenters. The fraction of sp³-hybridized carbons (Fsp3) is 0.500. The lowest BCUT2D eigenvalue weighted by Gasteiger charge is -2.07. The maximum atomic E-state index is 11.7. The van der Waals surface area contributed by atoms with Crippen molar-refractivity contribution in [1.29, 1.82) is 0 Å². The molecule has 0 saturated heterocycles. The van der Waals surface area contributed by atoms with Crippen LogP contribution in [0.3, 0.4) is 0 Å². The minimum atomic E-state index is -3.15. The van der Waals surface area contributed by atoms with Crippen molar-refractivity contribution in [2.24, 2.45) is 0 Å². The van der Waals surface area contributed by atoms with Crippen LogP contribution in [0.4, 0.5) is 8.78 Å². The minimum Gasteiger partial charge on any atom is -0.475 e. The Bertz CT molecular complexity index is 91.1. The summed E-state index contributed by atoms with van der Waals surface area (Å²) < 4.78 is 28.3. The van der Waals surface area contributed by atoms with Crippen LogP contribution in [0.5, 0.6) is 0 Å². The molecule has 0 aromatic heterocycles. The van der Waals surface area contributed by atoms with Crippen LogP contribution < -0.4 is 0 Å². The Morgan fingerprint density at radius 2 is 2.22 bits per heavy atom. The van der Waals surface area contributed by atoms with Crippen molar-refractivity contribution in [3.8, 4) is 0 Å². The van der Waals surface area contributed by atoms with Gasteiger partial charge in [-0.2, -0.15) is 8.78 Å². The maximum absolute atomic E-state index is 11.7. The summed E-state index contributed by atoms with van der Waals surface area (Å²) in [4.78, 5) is 0. The predicted molar refractivity (Wildman–Crippen MR) is 36.2 cm³/mol. The van der Waals surface area contributed by atoms with E-state index < -0.39 is 10.9 Å². The topological polar surface area (TPSA) is 18.5 Å². The number of alkyl halides is 3. The number of hydrogen-bond donors (Lipinski definition) is 0. The highest BCUT2D eigenvalue weighted by Gasteiger charge is 2.24. The summed E-state index contributed by atoms with van der Waals surface area (Å²) in [6.45, 7) is 2.66. The minimum absolute atomic E-state index is 0.473. The predicted octanol–water partition coefficient (Wildman–Crippen LogP) is 2.11. The van der Waals surface area contributed by atoms with Crippen LogP contribution in [0.1, 0.15) is 0 Å². The van der Waals surface area contributed by atoms with Crippen LogP contribution in [0.15, 0.2) is 12.8 Å². The normalized spacial score (nSPS) is 11.0. The van der Waals surface area contributed by atoms with Crippen molar-refractivity contribution in [1.82, 2.24) is 0 Å². The summed E-state index contributed by atoms with van der Waals surface area (Å²) >= 11 is 0.846. The fourth-order valence-electron chi connectivity index (χ4n) is 0.149. The molecule has 0 radical (unpaired) electrons. The van der Waals surface area contributed by atoms with Crippen molar-refractivity contribution < 1.29 is 18.3 Å². The lowest BCUT2D eigenvalue weighted by atomic mass is 11.1. The second-order valence-electron chi connectivity index (χ2n) is 1.04. The average Bonchev–Trinajstić information content (AvgIpc) is 1.63. The quantitative estimate of drug-likeness (QED) is 0.250. The zero-order chi connectivity index (χ0) is 7.33. The first-order chi connectivity index (χ1) is 4.06. The van der Waals surface area contributed by atoms with Crippen molar-refractivity contribution in [2.75, 3.05) is 6.79 Å². The number of hydrogen-bond acceptors (Lipinski definition) is 2. The van der Waals surface area contributed by atoms with E-state index in [9.17, 15) is 8.78 Å². The molecule has 0 heterocycles. The van der Waals surface area contributed by atoms with Gasteiger partial charge in [-0.3, -0.25) is 4.74 Å². The van der Waals surface area contributed by atoms with Crippen LogP contribution in [-0.4, -0.2) is 10.9 Å². The van der Waals surface area contributed by atoms with E-state index in [0.29, 0.717) is 0 Å². The van der Waals surface area contributed by atoms with Gasteiger partial charge in [-0.05, 0) is 0 Å². The van der Waals surface area contributed by atoms with Crippen LogP contribution in [0, 0.1) is 0 Å². The van der Waals surface area contributed by atoms with Gasteiger partial charge in [0, 0.05) is 22.6 Å². The molecule has 54 valence electrons. The summed E-state index contributed by atoms with van der Waals surface area (Å²) in [7, 11) is 0. The van der Waals surface area contributed by atoms with Crippen molar-refractivity contribution in [2.45, 2.75) is 4.12 Å². The molecule has 0 rings (SSSR count). The summed E-state index contributed by atoms with van der Waals surface area (Å²) in [5, 5.41) is 0. The Morgan fingerprint density at radius 1 is 1.67 bits per heavy atom. The molecule has 0 aliphatic rings. The van der Waals surface area contributed by atoms with Gasteiger partial charge in [0.05, 0.1) is 6.26 Å². The standard InChI is InChI=1S/C4H5F2IO2/c1-2-8-3-9-4(5,6)7/h2H,1,3H2. The molecule has 0 fully saturated rings. The molecular weight excluding hydrogens is 245 g/mol. The maximum Gasteiger partial charge on any atom is 0.410 e. The Balaban J connectivity index is 3.17. The van der Waals surface area contributed by atoms with E-state index >= 15 is 0 Å². The van der Waals surface area contributed by atoms with E-state index in [-0.39, 0.29) is 0 Å². The number of halogens is 3. The summed E-state index contributed by atoms with van der Waals surface area (Å²) in [6.07, 6.45) is 1.03. The van der Waals surface area contributed by atoms with Gasteiger partial charge in [-0.15, -0.1) is 0 Å². The molecule has 0 N–H and O–H groups in total. The third-order valence-electron chi connectivity index (χ3n) is 0.408. The molecule has 5 heteroatoms. The van der Waals surface area contributed by atoms with E-state index in [1.165, 1.54) is 0 Å². The van der Waals surface area contributed by atoms with Crippen molar-refractivity contribution in [3.05, 3.63) is 12.8 Å². The lowest BCUT2D eigenvalue weighted by Crippen LogP contribution is -2.12. The second kappa shape index (κ2) is 3.99. The summed E-state index contributed by atoms with van der Waals surface area (Å²) in [5.74, 6) is 0. The van der Waals surface area contributed by atoms with E-state index in [1.807, 2.05) is 0 Å². The van der Waals surface area contributed by atoms with Crippen molar-refractivity contribution >= 4 is 22.6 Å². The second-order valence-corrected chi connectivity index (χ2v) is 2.30. The zero-order valence-corrected chi connectivity index (χ0v) is 6.60. The number of rotatable bonds is 4. The highest BCUT2D eigenvalue weighted by molar-refractivity contribution is 14.1. The van der Waals surface area contributed by atoms with Gasteiger partial charge in [-0.1, -0.05) is 6.58 Å². The Morgan fingerprint density at radius 3 is 2.56 bits per heavy atom. The Labute approximate surface area is 65.0 Å². The molecule has 0 unspecified atom stereocenters. The van der Waals surface area contributed by atoms with Gasteiger partial charge in [0.25, 0.3) is 0 Å².